The number of nitrogens with zero attached hydrogens (tertiary/aromatic N) is 1. The molecule has 3 heteroatoms. The first-order valence-corrected chi connectivity index (χ1v) is 7.80. The lowest BCUT2D eigenvalue weighted by atomic mass is 10.2. The zero-order valence-corrected chi connectivity index (χ0v) is 11.2. The SMILES string of the molecule is C=C=C/C=C(/C#N)O[Si](C)(C)C(C)(C)C. The molecular weight excluding hydrogens is 202 g/mol. The summed E-state index contributed by atoms with van der Waals surface area (Å²) in [7, 11) is -1.90. The molecule has 0 rings (SSSR count). The summed E-state index contributed by atoms with van der Waals surface area (Å²) >= 11 is 0. The normalized spacial score (nSPS) is 12.7. The van der Waals surface area contributed by atoms with Crippen molar-refractivity contribution in [2.24, 2.45) is 0 Å². The van der Waals surface area contributed by atoms with E-state index in [0.29, 0.717) is 5.76 Å². The van der Waals surface area contributed by atoms with Crippen LogP contribution in [0.15, 0.2) is 30.2 Å². The van der Waals surface area contributed by atoms with Crippen molar-refractivity contribution in [3.05, 3.63) is 30.2 Å². The molecule has 0 saturated heterocycles. The smallest absolute Gasteiger partial charge is 0.251 e. The minimum Gasteiger partial charge on any atom is -0.536 e. The van der Waals surface area contributed by atoms with E-state index in [9.17, 15) is 0 Å². The van der Waals surface area contributed by atoms with Gasteiger partial charge in [0.1, 0.15) is 6.07 Å². The van der Waals surface area contributed by atoms with Gasteiger partial charge in [-0.05, 0) is 30.3 Å². The highest BCUT2D eigenvalue weighted by Gasteiger charge is 2.39. The van der Waals surface area contributed by atoms with Gasteiger partial charge >= 0.3 is 0 Å². The molecule has 0 heterocycles. The van der Waals surface area contributed by atoms with Gasteiger partial charge in [0.2, 0.25) is 0 Å². The molecule has 0 aliphatic carbocycles. The van der Waals surface area contributed by atoms with Crippen LogP contribution in [0.25, 0.3) is 0 Å². The van der Waals surface area contributed by atoms with Crippen molar-refractivity contribution in [3.63, 3.8) is 0 Å². The Morgan fingerprint density at radius 1 is 1.40 bits per heavy atom. The molecule has 0 spiro atoms. The Labute approximate surface area is 93.7 Å². The van der Waals surface area contributed by atoms with Gasteiger partial charge in [0.25, 0.3) is 8.32 Å². The Bertz CT molecular complexity index is 336. The maximum Gasteiger partial charge on any atom is 0.251 e. The maximum absolute atomic E-state index is 8.89. The first-order valence-electron chi connectivity index (χ1n) is 4.90. The average Bonchev–Trinajstić information content (AvgIpc) is 2.10. The lowest BCUT2D eigenvalue weighted by Gasteiger charge is -2.35. The largest absolute Gasteiger partial charge is 0.536 e. The fraction of sp³-hybridized carbons (Fsp3) is 0.500. The molecule has 0 radical (unpaired) electrons. The molecular formula is C12H19NOSi. The van der Waals surface area contributed by atoms with Crippen LogP contribution in [0.4, 0.5) is 0 Å². The Balaban J connectivity index is 4.87. The summed E-state index contributed by atoms with van der Waals surface area (Å²) in [5, 5.41) is 8.99. The molecule has 0 fully saturated rings. The van der Waals surface area contributed by atoms with Crippen molar-refractivity contribution in [1.29, 1.82) is 5.26 Å². The molecule has 0 saturated carbocycles. The van der Waals surface area contributed by atoms with Crippen molar-refractivity contribution in [2.45, 2.75) is 38.9 Å². The third-order valence-corrected chi connectivity index (χ3v) is 6.98. The average molecular weight is 221 g/mol. The van der Waals surface area contributed by atoms with Gasteiger partial charge in [-0.3, -0.25) is 0 Å². The van der Waals surface area contributed by atoms with E-state index < -0.39 is 8.32 Å². The van der Waals surface area contributed by atoms with E-state index in [1.807, 2.05) is 6.07 Å². The van der Waals surface area contributed by atoms with Gasteiger partial charge in [-0.2, -0.15) is 5.26 Å². The molecule has 0 unspecified atom stereocenters. The van der Waals surface area contributed by atoms with Crippen molar-refractivity contribution in [3.8, 4) is 6.07 Å². The van der Waals surface area contributed by atoms with Crippen molar-refractivity contribution in [1.82, 2.24) is 0 Å². The Morgan fingerprint density at radius 3 is 2.27 bits per heavy atom. The zero-order chi connectivity index (χ0) is 12.1. The molecule has 15 heavy (non-hydrogen) atoms. The third kappa shape index (κ3) is 4.20. The number of nitriles is 1. The predicted octanol–water partition coefficient (Wildman–Crippen LogP) is 3.76. The Kier molecular flexibility index (Phi) is 4.61. The van der Waals surface area contributed by atoms with E-state index in [1.165, 1.54) is 0 Å². The third-order valence-electron chi connectivity index (χ3n) is 2.63. The number of rotatable bonds is 3. The second-order valence-electron chi connectivity index (χ2n) is 4.88. The Morgan fingerprint density at radius 2 is 1.93 bits per heavy atom. The van der Waals surface area contributed by atoms with Crippen LogP contribution in [-0.4, -0.2) is 8.32 Å². The van der Waals surface area contributed by atoms with E-state index in [2.05, 4.69) is 46.2 Å². The van der Waals surface area contributed by atoms with Gasteiger partial charge in [-0.1, -0.05) is 27.4 Å². The predicted molar refractivity (Wildman–Crippen MR) is 65.7 cm³/mol. The van der Waals surface area contributed by atoms with E-state index in [4.69, 9.17) is 9.69 Å². The minimum atomic E-state index is -1.90. The van der Waals surface area contributed by atoms with Gasteiger partial charge < -0.3 is 4.43 Å². The van der Waals surface area contributed by atoms with E-state index in [1.54, 1.807) is 12.2 Å². The van der Waals surface area contributed by atoms with E-state index in [-0.39, 0.29) is 5.04 Å². The highest BCUT2D eigenvalue weighted by atomic mass is 28.4. The molecule has 0 bridgehead atoms. The number of hydrogen-bond donors (Lipinski definition) is 0. The summed E-state index contributed by atoms with van der Waals surface area (Å²) in [6.07, 6.45) is 3.19. The molecule has 0 aliphatic heterocycles. The summed E-state index contributed by atoms with van der Waals surface area (Å²) in [5.74, 6) is 0.345. The quantitative estimate of drug-likeness (QED) is 0.239. The van der Waals surface area contributed by atoms with E-state index >= 15 is 0 Å². The highest BCUT2D eigenvalue weighted by molar-refractivity contribution is 6.74. The standard InChI is InChI=1S/C12H19NOSi/c1-7-8-9-11(10-13)14-15(5,6)12(2,3)4/h8-9H,1H2,2-6H3/b11-9-. The van der Waals surface area contributed by atoms with E-state index in [0.717, 1.165) is 0 Å². The second-order valence-corrected chi connectivity index (χ2v) is 9.60. The molecule has 0 aromatic rings. The molecule has 0 aromatic carbocycles. The minimum absolute atomic E-state index is 0.0980. The molecule has 0 atom stereocenters. The lowest BCUT2D eigenvalue weighted by Crippen LogP contribution is -2.40. The summed E-state index contributed by atoms with van der Waals surface area (Å²) in [6, 6.07) is 2.04. The van der Waals surface area contributed by atoms with Crippen molar-refractivity contribution in [2.75, 3.05) is 0 Å². The lowest BCUT2D eigenvalue weighted by molar-refractivity contribution is 0.403. The fourth-order valence-electron chi connectivity index (χ4n) is 0.657. The molecule has 0 N–H and O–H groups in total. The molecule has 0 aliphatic rings. The van der Waals surface area contributed by atoms with Gasteiger partial charge in [-0.25, -0.2) is 0 Å². The first-order chi connectivity index (χ1) is 6.74. The molecule has 82 valence electrons. The first kappa shape index (κ1) is 13.8. The van der Waals surface area contributed by atoms with Crippen LogP contribution >= 0.6 is 0 Å². The molecule has 2 nitrogen and oxygen atoms in total. The second kappa shape index (κ2) is 5.02. The van der Waals surface area contributed by atoms with Crippen LogP contribution in [0.1, 0.15) is 20.8 Å². The summed E-state index contributed by atoms with van der Waals surface area (Å²) < 4.78 is 5.79. The topological polar surface area (TPSA) is 33.0 Å². The Hall–Kier alpha value is -1.23. The van der Waals surface area contributed by atoms with Gasteiger partial charge in [0.15, 0.2) is 5.76 Å². The maximum atomic E-state index is 8.89. The van der Waals surface area contributed by atoms with Crippen LogP contribution in [-0.2, 0) is 4.43 Å². The van der Waals surface area contributed by atoms with Crippen LogP contribution in [0.3, 0.4) is 0 Å². The van der Waals surface area contributed by atoms with Gasteiger partial charge in [0.05, 0.1) is 0 Å². The van der Waals surface area contributed by atoms with Crippen LogP contribution < -0.4 is 0 Å². The van der Waals surface area contributed by atoms with Crippen LogP contribution in [0, 0.1) is 11.3 Å². The summed E-state index contributed by atoms with van der Waals surface area (Å²) in [4.78, 5) is 0. The number of hydrogen-bond acceptors (Lipinski definition) is 2. The molecule has 0 aromatic heterocycles. The molecule has 0 amide bonds. The van der Waals surface area contributed by atoms with Gasteiger partial charge in [0, 0.05) is 0 Å². The number of allylic oxidation sites excluding steroid dienone is 3. The fourth-order valence-corrected chi connectivity index (χ4v) is 1.63. The van der Waals surface area contributed by atoms with Crippen molar-refractivity contribution < 1.29 is 4.43 Å². The monoisotopic (exact) mass is 221 g/mol. The summed E-state index contributed by atoms with van der Waals surface area (Å²) in [6.45, 7) is 14.1. The van der Waals surface area contributed by atoms with Gasteiger partial charge in [-0.15, -0.1) is 5.73 Å². The zero-order valence-electron chi connectivity index (χ0n) is 10.2. The van der Waals surface area contributed by atoms with Crippen LogP contribution in [0.5, 0.6) is 0 Å². The van der Waals surface area contributed by atoms with Crippen LogP contribution in [0.2, 0.25) is 18.1 Å². The highest BCUT2D eigenvalue weighted by Crippen LogP contribution is 2.37. The van der Waals surface area contributed by atoms with Crippen molar-refractivity contribution >= 4 is 8.32 Å². The summed E-state index contributed by atoms with van der Waals surface area (Å²) in [5.41, 5.74) is 2.59.